The lowest BCUT2D eigenvalue weighted by atomic mass is 10.1. The van der Waals surface area contributed by atoms with Crippen molar-refractivity contribution in [3.05, 3.63) is 0 Å². The van der Waals surface area contributed by atoms with Gasteiger partial charge in [0, 0.05) is 0 Å². The average Bonchev–Trinajstić information content (AvgIpc) is 2.64. The van der Waals surface area contributed by atoms with E-state index in [4.69, 9.17) is 0 Å². The first kappa shape index (κ1) is 57.0. The minimum Gasteiger partial charge on any atom is -0.0623 e. The number of halogens is 26. The molecule has 0 N–H and O–H groups in total. The largest absolute Gasteiger partial charge is 0.149 e. The molecule has 0 saturated heterocycles. The molecule has 0 bridgehead atoms. The summed E-state index contributed by atoms with van der Waals surface area (Å²) in [5.74, 6) is 0. The molecule has 38 heavy (non-hydrogen) atoms. The van der Waals surface area contributed by atoms with Gasteiger partial charge in [0.1, 0.15) is 13.2 Å². The van der Waals surface area contributed by atoms with Crippen molar-refractivity contribution < 1.29 is 0 Å². The highest BCUT2D eigenvalue weighted by Gasteiger charge is 2.80. The van der Waals surface area contributed by atoms with Crippen molar-refractivity contribution in [3.8, 4) is 0 Å². The Morgan fingerprint density at radius 2 is 0.211 bits per heavy atom. The molecule has 0 aliphatic heterocycles. The second kappa shape index (κ2) is 20.4. The summed E-state index contributed by atoms with van der Waals surface area (Å²) in [6, 6.07) is 0. The summed E-state index contributed by atoms with van der Waals surface area (Å²) in [4.78, 5) is 0. The zero-order valence-electron chi connectivity index (χ0n) is 15.8. The van der Waals surface area contributed by atoms with Gasteiger partial charge in [-0.25, -0.2) is 0 Å². The van der Waals surface area contributed by atoms with Crippen LogP contribution in [0, 0.1) is 0 Å². The fraction of sp³-hybridized carbons (Fsp3) is 1.00. The third-order valence-electron chi connectivity index (χ3n) is 4.26. The fourth-order valence-corrected chi connectivity index (χ4v) is 41.6. The van der Waals surface area contributed by atoms with Gasteiger partial charge >= 0.3 is 0 Å². The Labute approximate surface area is 580 Å². The lowest BCUT2D eigenvalue weighted by molar-refractivity contribution is 0.639. The number of hydrogen-bond acceptors (Lipinski definition) is 0. The lowest BCUT2D eigenvalue weighted by Crippen LogP contribution is -2.71. The second-order valence-corrected chi connectivity index (χ2v) is 81.8. The molecule has 0 amide bonds. The Morgan fingerprint density at radius 1 is 0.132 bits per heavy atom. The molecule has 0 rings (SSSR count). The normalized spacial score (nSPS) is 17.2. The van der Waals surface area contributed by atoms with Crippen molar-refractivity contribution in [2.24, 2.45) is 0 Å². The zero-order valence-corrected chi connectivity index (χ0v) is 71.9. The minimum absolute atomic E-state index is 0.0291. The highest BCUT2D eigenvalue weighted by atomic mass is 127. The van der Waals surface area contributed by atoms with E-state index >= 15 is 0 Å². The Bertz CT molecular complexity index is 792. The van der Waals surface area contributed by atoms with E-state index in [1.165, 1.54) is 0 Å². The molecule has 0 unspecified atom stereocenters. The molecule has 0 spiro atoms. The maximum absolute atomic E-state index is 2.81. The third-order valence-corrected chi connectivity index (χ3v) is 91.0. The number of alkyl halides is 26. The molecule has 0 aliphatic rings. The second-order valence-electron chi connectivity index (χ2n) is 6.74. The van der Waals surface area contributed by atoms with Crippen LogP contribution in [0.4, 0.5) is 0 Å². The van der Waals surface area contributed by atoms with E-state index in [2.05, 4.69) is 587 Å². The summed E-state index contributed by atoms with van der Waals surface area (Å²) in [7, 11) is 0. The van der Waals surface area contributed by atoms with Gasteiger partial charge in [0.15, 0.2) is 0 Å². The van der Waals surface area contributed by atoms with E-state index in [1.54, 1.807) is 0 Å². The maximum Gasteiger partial charge on any atom is 0.149 e. The SMILES string of the molecule is IC(I)(I)C(I)(I)C(I)(I)C(I)(I)C(I)(I)C(I)(I)C(I)(I)C(I)(I)C(I)(I)C(I)(I)C(I)(I)C(I)(I)I. The average molecular weight is 3440 g/mol. The molecular weight excluding hydrogens is 3440 g/mol. The molecule has 0 atom stereocenters. The molecule has 0 radical (unpaired) electrons. The van der Waals surface area contributed by atoms with Gasteiger partial charge in [0.2, 0.25) is 0 Å². The Morgan fingerprint density at radius 3 is 0.289 bits per heavy atom. The molecular formula is C12I26. The van der Waals surface area contributed by atoms with Gasteiger partial charge in [-0.15, -0.1) is 0 Å². The quantitative estimate of drug-likeness (QED) is 0.143. The van der Waals surface area contributed by atoms with E-state index in [-0.39, 0.29) is 13.2 Å². The molecule has 0 nitrogen and oxygen atoms in total. The van der Waals surface area contributed by atoms with Crippen LogP contribution in [-0.2, 0) is 0 Å². The smallest absolute Gasteiger partial charge is 0.0623 e. The van der Waals surface area contributed by atoms with Crippen LogP contribution in [0.1, 0.15) is 0 Å². The summed E-state index contributed by atoms with van der Waals surface area (Å²) < 4.78 is -1.00. The predicted molar refractivity (Wildman–Crippen MR) is 397 cm³/mol. The molecule has 0 aromatic heterocycles. The van der Waals surface area contributed by atoms with Crippen molar-refractivity contribution in [2.75, 3.05) is 0 Å². The molecule has 0 fully saturated rings. The Kier molecular flexibility index (Phi) is 30.7. The van der Waals surface area contributed by atoms with Crippen LogP contribution >= 0.6 is 587 Å². The summed E-state index contributed by atoms with van der Waals surface area (Å²) in [6.07, 6.45) is 0. The van der Waals surface area contributed by atoms with Gasteiger partial charge in [0.25, 0.3) is 0 Å². The van der Waals surface area contributed by atoms with Gasteiger partial charge in [-0.3, -0.25) is 0 Å². The Balaban J connectivity index is 7.29. The van der Waals surface area contributed by atoms with E-state index in [1.807, 2.05) is 0 Å². The lowest BCUT2D eigenvalue weighted by Gasteiger charge is -2.61. The van der Waals surface area contributed by atoms with Gasteiger partial charge in [-0.1, -0.05) is 587 Å². The fourth-order valence-electron chi connectivity index (χ4n) is 1.93. The van der Waals surface area contributed by atoms with Crippen LogP contribution in [0.2, 0.25) is 0 Å². The van der Waals surface area contributed by atoms with E-state index in [9.17, 15) is 0 Å². The standard InChI is InChI=1S/C12I26/c13-1(14,3(17,18)5(21,22)7(25,26)9(29,30)11(33,34)35)2(15,16)4(19,20)6(23,24)8(27,28)10(31,32)12(36,37)38. The van der Waals surface area contributed by atoms with E-state index < -0.39 is 0 Å². The Hall–Kier alpha value is 19.0. The topological polar surface area (TPSA) is 0 Å². The van der Waals surface area contributed by atoms with Crippen LogP contribution in [-0.4, -0.2) is 13.2 Å². The third kappa shape index (κ3) is 11.5. The van der Waals surface area contributed by atoms with Crippen molar-refractivity contribution in [2.45, 2.75) is 13.2 Å². The van der Waals surface area contributed by atoms with Crippen LogP contribution in [0.25, 0.3) is 0 Å². The maximum atomic E-state index is 2.81. The summed E-state index contributed by atoms with van der Waals surface area (Å²) >= 11 is 71.1. The van der Waals surface area contributed by atoms with Crippen molar-refractivity contribution in [3.63, 3.8) is 0 Å². The molecule has 0 aromatic carbocycles. The van der Waals surface area contributed by atoms with Crippen LogP contribution in [0.3, 0.4) is 0 Å². The van der Waals surface area contributed by atoms with Gasteiger partial charge < -0.3 is 0 Å². The van der Waals surface area contributed by atoms with E-state index in [0.717, 1.165) is 0 Å². The summed E-state index contributed by atoms with van der Waals surface area (Å²) in [6.45, 7) is 0. The van der Waals surface area contributed by atoms with Crippen molar-refractivity contribution in [1.82, 2.24) is 0 Å². The minimum atomic E-state index is -0.155. The van der Waals surface area contributed by atoms with Crippen LogP contribution in [0.15, 0.2) is 0 Å². The molecule has 0 aromatic rings. The molecule has 26 heteroatoms. The van der Waals surface area contributed by atoms with Gasteiger partial charge in [0.05, 0.1) is 0 Å². The van der Waals surface area contributed by atoms with Gasteiger partial charge in [-0.05, 0) is 0 Å². The van der Waals surface area contributed by atoms with Crippen LogP contribution in [0.5, 0.6) is 0 Å². The number of rotatable bonds is 11. The zero-order chi connectivity index (χ0) is 32.0. The van der Waals surface area contributed by atoms with Crippen LogP contribution < -0.4 is 0 Å². The first-order valence-electron chi connectivity index (χ1n) is 7.66. The highest BCUT2D eigenvalue weighted by molar-refractivity contribution is 14.3. The molecule has 230 valence electrons. The molecule has 0 saturated carbocycles. The number of hydrogen-bond donors (Lipinski definition) is 0. The molecule has 0 aliphatic carbocycles. The summed E-state index contributed by atoms with van der Waals surface area (Å²) in [5, 5.41) is 0. The van der Waals surface area contributed by atoms with E-state index in [0.29, 0.717) is 0 Å². The first-order chi connectivity index (χ1) is 15.8. The van der Waals surface area contributed by atoms with Gasteiger partial charge in [-0.2, -0.15) is 0 Å². The first-order valence-corrected chi connectivity index (χ1v) is 35.7. The monoisotopic (exact) mass is 3440 g/mol. The predicted octanol–water partition coefficient (Wildman–Crippen LogP) is 20.6. The van der Waals surface area contributed by atoms with Crippen molar-refractivity contribution in [1.29, 1.82) is 0 Å². The van der Waals surface area contributed by atoms with Crippen molar-refractivity contribution >= 4 is 587 Å². The highest BCUT2D eigenvalue weighted by Crippen LogP contribution is 2.83. The molecule has 0 heterocycles. The summed E-state index contributed by atoms with van der Waals surface area (Å²) in [5.41, 5.74) is 0.